The number of benzene rings is 1. The Kier molecular flexibility index (Phi) is 3.84. The number of carbonyl (C=O) groups is 2. The molecule has 1 amide bonds. The lowest BCUT2D eigenvalue weighted by Crippen LogP contribution is -2.43. The van der Waals surface area contributed by atoms with Crippen molar-refractivity contribution in [3.05, 3.63) is 34.4 Å². The summed E-state index contributed by atoms with van der Waals surface area (Å²) in [7, 11) is 0. The predicted octanol–water partition coefficient (Wildman–Crippen LogP) is 2.55. The van der Waals surface area contributed by atoms with Crippen LogP contribution in [-0.2, 0) is 4.79 Å². The van der Waals surface area contributed by atoms with Gasteiger partial charge in [-0.25, -0.2) is 4.79 Å². The molecule has 0 bridgehead atoms. The zero-order chi connectivity index (χ0) is 15.0. The van der Waals surface area contributed by atoms with Gasteiger partial charge in [-0.1, -0.05) is 24.6 Å². The van der Waals surface area contributed by atoms with Crippen molar-refractivity contribution in [3.63, 3.8) is 0 Å². The fraction of sp³-hybridized carbons (Fsp3) is 0.500. The molecule has 1 heterocycles. The Bertz CT molecular complexity index is 542. The molecule has 2 unspecified atom stereocenters. The highest BCUT2D eigenvalue weighted by Crippen LogP contribution is 2.28. The van der Waals surface area contributed by atoms with Crippen molar-refractivity contribution in [1.29, 1.82) is 0 Å². The van der Waals surface area contributed by atoms with E-state index in [1.165, 1.54) is 4.90 Å². The first-order valence-electron chi connectivity index (χ1n) is 6.94. The van der Waals surface area contributed by atoms with E-state index in [1.54, 1.807) is 0 Å². The van der Waals surface area contributed by atoms with Crippen LogP contribution in [0.1, 0.15) is 40.4 Å². The number of likely N-dealkylation sites (tertiary alicyclic amines) is 1. The molecule has 1 N–H and O–H groups in total. The van der Waals surface area contributed by atoms with Crippen LogP contribution in [0.25, 0.3) is 0 Å². The summed E-state index contributed by atoms with van der Waals surface area (Å²) in [5, 5.41) is 9.34. The van der Waals surface area contributed by atoms with Crippen molar-refractivity contribution >= 4 is 11.9 Å². The Hall–Kier alpha value is -1.84. The van der Waals surface area contributed by atoms with E-state index in [2.05, 4.69) is 0 Å². The molecule has 1 aliphatic heterocycles. The summed E-state index contributed by atoms with van der Waals surface area (Å²) < 4.78 is 0. The van der Waals surface area contributed by atoms with Crippen LogP contribution >= 0.6 is 0 Å². The molecule has 4 nitrogen and oxygen atoms in total. The number of carboxylic acids is 1. The molecule has 108 valence electrons. The SMILES string of the molecule is Cc1cc(C)c(C(=O)N2CCC(C)C2C(=O)O)c(C)c1. The minimum absolute atomic E-state index is 0.00232. The second-order valence-electron chi connectivity index (χ2n) is 5.82. The van der Waals surface area contributed by atoms with Gasteiger partial charge in [0.15, 0.2) is 0 Å². The molecule has 2 rings (SSSR count). The minimum Gasteiger partial charge on any atom is -0.480 e. The molecular weight excluding hydrogens is 254 g/mol. The zero-order valence-electron chi connectivity index (χ0n) is 12.4. The van der Waals surface area contributed by atoms with Crippen LogP contribution in [-0.4, -0.2) is 34.5 Å². The fourth-order valence-electron chi connectivity index (χ4n) is 3.21. The number of aryl methyl sites for hydroxylation is 3. The van der Waals surface area contributed by atoms with Crippen molar-refractivity contribution in [1.82, 2.24) is 4.90 Å². The van der Waals surface area contributed by atoms with E-state index in [0.717, 1.165) is 23.1 Å². The fourth-order valence-corrected chi connectivity index (χ4v) is 3.21. The first kappa shape index (κ1) is 14.6. The first-order valence-corrected chi connectivity index (χ1v) is 6.94. The van der Waals surface area contributed by atoms with Gasteiger partial charge in [-0.05, 0) is 44.2 Å². The van der Waals surface area contributed by atoms with E-state index in [1.807, 2.05) is 39.8 Å². The summed E-state index contributed by atoms with van der Waals surface area (Å²) in [6.45, 7) is 8.21. The second kappa shape index (κ2) is 5.27. The van der Waals surface area contributed by atoms with Gasteiger partial charge in [-0.2, -0.15) is 0 Å². The molecule has 0 aliphatic carbocycles. The van der Waals surface area contributed by atoms with Gasteiger partial charge >= 0.3 is 5.97 Å². The molecule has 0 saturated carbocycles. The van der Waals surface area contributed by atoms with Crippen molar-refractivity contribution in [2.24, 2.45) is 5.92 Å². The van der Waals surface area contributed by atoms with Gasteiger partial charge in [0.1, 0.15) is 6.04 Å². The van der Waals surface area contributed by atoms with Crippen molar-refractivity contribution in [3.8, 4) is 0 Å². The van der Waals surface area contributed by atoms with Gasteiger partial charge in [0.05, 0.1) is 0 Å². The van der Waals surface area contributed by atoms with Gasteiger partial charge in [-0.15, -0.1) is 0 Å². The summed E-state index contributed by atoms with van der Waals surface area (Å²) in [6, 6.07) is 3.23. The van der Waals surface area contributed by atoms with E-state index >= 15 is 0 Å². The van der Waals surface area contributed by atoms with Gasteiger partial charge < -0.3 is 10.0 Å². The highest BCUT2D eigenvalue weighted by atomic mass is 16.4. The standard InChI is InChI=1S/C16H21NO3/c1-9-7-11(3)13(12(4)8-9)15(18)17-6-5-10(2)14(17)16(19)20/h7-8,10,14H,5-6H2,1-4H3,(H,19,20). The Labute approximate surface area is 119 Å². The average molecular weight is 275 g/mol. The van der Waals surface area contributed by atoms with Crippen LogP contribution in [0.15, 0.2) is 12.1 Å². The number of hydrogen-bond acceptors (Lipinski definition) is 2. The largest absolute Gasteiger partial charge is 0.480 e. The molecule has 0 spiro atoms. The van der Waals surface area contributed by atoms with Crippen LogP contribution in [0.4, 0.5) is 0 Å². The Morgan fingerprint density at radius 3 is 2.25 bits per heavy atom. The number of carbonyl (C=O) groups excluding carboxylic acids is 1. The third-order valence-corrected chi connectivity index (χ3v) is 4.10. The van der Waals surface area contributed by atoms with E-state index in [0.29, 0.717) is 12.1 Å². The summed E-state index contributed by atoms with van der Waals surface area (Å²) in [5.41, 5.74) is 3.59. The topological polar surface area (TPSA) is 57.6 Å². The Morgan fingerprint density at radius 1 is 1.20 bits per heavy atom. The third kappa shape index (κ3) is 2.42. The average Bonchev–Trinajstić information content (AvgIpc) is 2.69. The highest BCUT2D eigenvalue weighted by molar-refractivity contribution is 5.99. The molecule has 1 fully saturated rings. The van der Waals surface area contributed by atoms with E-state index in [4.69, 9.17) is 0 Å². The molecule has 20 heavy (non-hydrogen) atoms. The number of hydrogen-bond donors (Lipinski definition) is 1. The molecule has 1 saturated heterocycles. The molecule has 1 aromatic rings. The Morgan fingerprint density at radius 2 is 1.75 bits per heavy atom. The zero-order valence-corrected chi connectivity index (χ0v) is 12.4. The van der Waals surface area contributed by atoms with Crippen molar-refractivity contribution < 1.29 is 14.7 Å². The maximum Gasteiger partial charge on any atom is 0.326 e. The maximum atomic E-state index is 12.7. The highest BCUT2D eigenvalue weighted by Gasteiger charge is 2.40. The van der Waals surface area contributed by atoms with Crippen molar-refractivity contribution in [2.45, 2.75) is 40.2 Å². The smallest absolute Gasteiger partial charge is 0.326 e. The monoisotopic (exact) mass is 275 g/mol. The Balaban J connectivity index is 2.39. The molecule has 1 aromatic carbocycles. The quantitative estimate of drug-likeness (QED) is 0.902. The lowest BCUT2D eigenvalue weighted by Gasteiger charge is -2.25. The first-order chi connectivity index (χ1) is 9.32. The number of rotatable bonds is 2. The summed E-state index contributed by atoms with van der Waals surface area (Å²) in [6.07, 6.45) is 0.743. The molecule has 0 aromatic heterocycles. The molecular formula is C16H21NO3. The molecule has 0 radical (unpaired) electrons. The van der Waals surface area contributed by atoms with Crippen LogP contribution in [0.5, 0.6) is 0 Å². The summed E-state index contributed by atoms with van der Waals surface area (Å²) in [4.78, 5) is 25.6. The van der Waals surface area contributed by atoms with Crippen molar-refractivity contribution in [2.75, 3.05) is 6.54 Å². The van der Waals surface area contributed by atoms with E-state index < -0.39 is 12.0 Å². The van der Waals surface area contributed by atoms with E-state index in [9.17, 15) is 14.7 Å². The lowest BCUT2D eigenvalue weighted by atomic mass is 9.98. The normalized spacial score (nSPS) is 22.1. The lowest BCUT2D eigenvalue weighted by molar-refractivity contribution is -0.142. The van der Waals surface area contributed by atoms with Crippen LogP contribution in [0.3, 0.4) is 0 Å². The third-order valence-electron chi connectivity index (χ3n) is 4.10. The summed E-state index contributed by atoms with van der Waals surface area (Å²) in [5.74, 6) is -1.06. The number of aliphatic carboxylic acids is 1. The van der Waals surface area contributed by atoms with Gasteiger partial charge in [0, 0.05) is 12.1 Å². The number of amides is 1. The van der Waals surface area contributed by atoms with Gasteiger partial charge in [0.2, 0.25) is 0 Å². The molecule has 1 aliphatic rings. The minimum atomic E-state index is -0.911. The maximum absolute atomic E-state index is 12.7. The van der Waals surface area contributed by atoms with E-state index in [-0.39, 0.29) is 11.8 Å². The summed E-state index contributed by atoms with van der Waals surface area (Å²) >= 11 is 0. The second-order valence-corrected chi connectivity index (χ2v) is 5.82. The van der Waals surface area contributed by atoms with Crippen LogP contribution < -0.4 is 0 Å². The van der Waals surface area contributed by atoms with Crippen LogP contribution in [0, 0.1) is 26.7 Å². The van der Waals surface area contributed by atoms with Gasteiger partial charge in [0.25, 0.3) is 5.91 Å². The number of carboxylic acid groups (broad SMARTS) is 1. The van der Waals surface area contributed by atoms with Gasteiger partial charge in [-0.3, -0.25) is 4.79 Å². The molecule has 4 heteroatoms. The molecule has 2 atom stereocenters. The van der Waals surface area contributed by atoms with Crippen LogP contribution in [0.2, 0.25) is 0 Å². The number of nitrogens with zero attached hydrogens (tertiary/aromatic N) is 1. The predicted molar refractivity (Wildman–Crippen MR) is 76.9 cm³/mol.